The average Bonchev–Trinajstić information content (AvgIpc) is 2.89. The van der Waals surface area contributed by atoms with Crippen molar-refractivity contribution >= 4 is 29.3 Å². The minimum atomic E-state index is -1.27. The van der Waals surface area contributed by atoms with Crippen molar-refractivity contribution in [1.82, 2.24) is 10.2 Å². The lowest BCUT2D eigenvalue weighted by Gasteiger charge is -2.24. The maximum Gasteiger partial charge on any atom is 0.233 e. The molecule has 1 aliphatic carbocycles. The topological polar surface area (TPSA) is 86.7 Å². The zero-order chi connectivity index (χ0) is 19.6. The molecule has 0 bridgehead atoms. The molecule has 2 fully saturated rings. The molecule has 0 unspecified atom stereocenters. The van der Waals surface area contributed by atoms with E-state index >= 15 is 0 Å². The molecule has 27 heavy (non-hydrogen) atoms. The van der Waals surface area contributed by atoms with Crippen LogP contribution >= 0.6 is 11.6 Å². The van der Waals surface area contributed by atoms with E-state index in [0.717, 1.165) is 25.7 Å². The van der Waals surface area contributed by atoms with Gasteiger partial charge in [0.15, 0.2) is 0 Å². The Bertz CT molecular complexity index is 725. The Balaban J connectivity index is 1.51. The van der Waals surface area contributed by atoms with E-state index in [1.807, 2.05) is 0 Å². The van der Waals surface area contributed by atoms with Crippen LogP contribution in [0, 0.1) is 11.8 Å². The first-order valence-electron chi connectivity index (χ1n) is 9.40. The van der Waals surface area contributed by atoms with Crippen LogP contribution in [0.3, 0.4) is 0 Å². The highest BCUT2D eigenvalue weighted by molar-refractivity contribution is 6.30. The molecular formula is C20H25ClN2O4. The van der Waals surface area contributed by atoms with Crippen molar-refractivity contribution in [2.24, 2.45) is 11.8 Å². The largest absolute Gasteiger partial charge is 0.384 e. The lowest BCUT2D eigenvalue weighted by Crippen LogP contribution is -2.40. The maximum absolute atomic E-state index is 12.4. The summed E-state index contributed by atoms with van der Waals surface area (Å²) >= 11 is 5.95. The highest BCUT2D eigenvalue weighted by atomic mass is 35.5. The van der Waals surface area contributed by atoms with Crippen LogP contribution in [-0.2, 0) is 20.0 Å². The molecule has 0 spiro atoms. The molecule has 6 nitrogen and oxygen atoms in total. The van der Waals surface area contributed by atoms with Crippen LogP contribution < -0.4 is 5.32 Å². The van der Waals surface area contributed by atoms with Gasteiger partial charge in [0.2, 0.25) is 17.7 Å². The van der Waals surface area contributed by atoms with Crippen molar-refractivity contribution in [1.29, 1.82) is 0 Å². The van der Waals surface area contributed by atoms with Crippen molar-refractivity contribution in [3.05, 3.63) is 34.9 Å². The number of benzene rings is 1. The standard InChI is InChI=1S/C20H25ClN2O4/c1-20(27,13-5-4-6-14(21)11-13)12-22-17(24)9-10-23-18(25)15-7-2-3-8-16(15)19(23)26/h4-6,11,15-16,27H,2-3,7-10,12H2,1H3,(H,22,24)/t15-,16-,20-/m0/s1. The molecule has 1 heterocycles. The molecule has 7 heteroatoms. The van der Waals surface area contributed by atoms with E-state index in [1.165, 1.54) is 4.90 Å². The maximum atomic E-state index is 12.4. The molecule has 3 rings (SSSR count). The van der Waals surface area contributed by atoms with E-state index in [0.29, 0.717) is 10.6 Å². The van der Waals surface area contributed by atoms with Crippen LogP contribution in [0.4, 0.5) is 0 Å². The zero-order valence-corrected chi connectivity index (χ0v) is 16.2. The number of rotatable bonds is 6. The normalized spacial score (nSPS) is 24.5. The molecular weight excluding hydrogens is 368 g/mol. The zero-order valence-electron chi connectivity index (χ0n) is 15.4. The minimum Gasteiger partial charge on any atom is -0.384 e. The van der Waals surface area contributed by atoms with E-state index in [-0.39, 0.29) is 49.1 Å². The number of likely N-dealkylation sites (tertiary alicyclic amines) is 1. The van der Waals surface area contributed by atoms with E-state index in [2.05, 4.69) is 5.32 Å². The molecule has 0 radical (unpaired) electrons. The Morgan fingerprint density at radius 3 is 2.48 bits per heavy atom. The predicted octanol–water partition coefficient (Wildman–Crippen LogP) is 2.23. The number of amides is 3. The molecule has 146 valence electrons. The number of halogens is 1. The molecule has 1 saturated heterocycles. The summed E-state index contributed by atoms with van der Waals surface area (Å²) in [5.74, 6) is -0.977. The molecule has 2 aliphatic rings. The number of carbonyl (C=O) groups excluding carboxylic acids is 3. The van der Waals surface area contributed by atoms with Gasteiger partial charge in [0, 0.05) is 18.0 Å². The number of hydrogen-bond acceptors (Lipinski definition) is 4. The average molecular weight is 393 g/mol. The van der Waals surface area contributed by atoms with Crippen molar-refractivity contribution in [2.75, 3.05) is 13.1 Å². The molecule has 1 aromatic rings. The second kappa shape index (κ2) is 7.98. The fraction of sp³-hybridized carbons (Fsp3) is 0.550. The van der Waals surface area contributed by atoms with E-state index < -0.39 is 5.60 Å². The van der Waals surface area contributed by atoms with Gasteiger partial charge >= 0.3 is 0 Å². The Morgan fingerprint density at radius 2 is 1.89 bits per heavy atom. The summed E-state index contributed by atoms with van der Waals surface area (Å²) in [7, 11) is 0. The molecule has 1 saturated carbocycles. The summed E-state index contributed by atoms with van der Waals surface area (Å²) in [5.41, 5.74) is -0.668. The van der Waals surface area contributed by atoms with Crippen molar-refractivity contribution < 1.29 is 19.5 Å². The third-order valence-electron chi connectivity index (χ3n) is 5.57. The summed E-state index contributed by atoms with van der Waals surface area (Å²) in [6.45, 7) is 1.70. The van der Waals surface area contributed by atoms with E-state index in [1.54, 1.807) is 31.2 Å². The van der Waals surface area contributed by atoms with Gasteiger partial charge in [-0.2, -0.15) is 0 Å². The lowest BCUT2D eigenvalue weighted by molar-refractivity contribution is -0.140. The highest BCUT2D eigenvalue weighted by Crippen LogP contribution is 2.37. The smallest absolute Gasteiger partial charge is 0.233 e. The molecule has 3 amide bonds. The van der Waals surface area contributed by atoms with Crippen LogP contribution in [0.15, 0.2) is 24.3 Å². The van der Waals surface area contributed by atoms with Crippen LogP contribution in [0.2, 0.25) is 5.02 Å². The second-order valence-corrected chi connectivity index (χ2v) is 8.07. The number of carbonyl (C=O) groups is 3. The van der Waals surface area contributed by atoms with Crippen molar-refractivity contribution in [3.8, 4) is 0 Å². The fourth-order valence-electron chi connectivity index (χ4n) is 3.95. The van der Waals surface area contributed by atoms with Gasteiger partial charge in [-0.1, -0.05) is 36.6 Å². The van der Waals surface area contributed by atoms with Gasteiger partial charge in [0.05, 0.1) is 18.4 Å². The number of fused-ring (bicyclic) bond motifs is 1. The monoisotopic (exact) mass is 392 g/mol. The van der Waals surface area contributed by atoms with Gasteiger partial charge in [-0.25, -0.2) is 0 Å². The van der Waals surface area contributed by atoms with Crippen molar-refractivity contribution in [2.45, 2.75) is 44.6 Å². The first-order chi connectivity index (χ1) is 12.8. The summed E-state index contributed by atoms with van der Waals surface area (Å²) < 4.78 is 0. The highest BCUT2D eigenvalue weighted by Gasteiger charge is 2.47. The van der Waals surface area contributed by atoms with Crippen LogP contribution in [0.1, 0.15) is 44.6 Å². The molecule has 3 atom stereocenters. The van der Waals surface area contributed by atoms with E-state index in [4.69, 9.17) is 11.6 Å². The summed E-state index contributed by atoms with van der Waals surface area (Å²) in [5, 5.41) is 13.8. The second-order valence-electron chi connectivity index (χ2n) is 7.64. The molecule has 2 N–H and O–H groups in total. The Hall–Kier alpha value is -1.92. The fourth-order valence-corrected chi connectivity index (χ4v) is 4.14. The minimum absolute atomic E-state index is 0.0132. The lowest BCUT2D eigenvalue weighted by atomic mass is 9.81. The van der Waals surface area contributed by atoms with Crippen molar-refractivity contribution in [3.63, 3.8) is 0 Å². The van der Waals surface area contributed by atoms with Crippen LogP contribution in [0.5, 0.6) is 0 Å². The third kappa shape index (κ3) is 4.33. The first kappa shape index (κ1) is 19.8. The Kier molecular flexibility index (Phi) is 5.86. The van der Waals surface area contributed by atoms with Gasteiger partial charge in [-0.3, -0.25) is 19.3 Å². The first-order valence-corrected chi connectivity index (χ1v) is 9.78. The van der Waals surface area contributed by atoms with Gasteiger partial charge in [-0.15, -0.1) is 0 Å². The van der Waals surface area contributed by atoms with Gasteiger partial charge in [-0.05, 0) is 37.5 Å². The summed E-state index contributed by atoms with van der Waals surface area (Å²) in [6, 6.07) is 6.83. The predicted molar refractivity (Wildman–Crippen MR) is 101 cm³/mol. The molecule has 0 aromatic heterocycles. The Labute approximate surface area is 163 Å². The van der Waals surface area contributed by atoms with Gasteiger partial charge in [0.25, 0.3) is 0 Å². The van der Waals surface area contributed by atoms with Gasteiger partial charge < -0.3 is 10.4 Å². The Morgan fingerprint density at radius 1 is 1.26 bits per heavy atom. The number of nitrogens with one attached hydrogen (secondary N) is 1. The number of hydrogen-bond donors (Lipinski definition) is 2. The number of aliphatic hydroxyl groups is 1. The summed E-state index contributed by atoms with van der Waals surface area (Å²) in [4.78, 5) is 38.3. The quantitative estimate of drug-likeness (QED) is 0.727. The third-order valence-corrected chi connectivity index (χ3v) is 5.81. The molecule has 1 aliphatic heterocycles. The summed E-state index contributed by atoms with van der Waals surface area (Å²) in [6.07, 6.45) is 3.52. The van der Waals surface area contributed by atoms with Gasteiger partial charge in [0.1, 0.15) is 5.60 Å². The van der Waals surface area contributed by atoms with Crippen LogP contribution in [0.25, 0.3) is 0 Å². The SMILES string of the molecule is C[C@](O)(CNC(=O)CCN1C(=O)[C@H]2CCCC[C@@H]2C1=O)c1cccc(Cl)c1. The van der Waals surface area contributed by atoms with E-state index in [9.17, 15) is 19.5 Å². The van der Waals surface area contributed by atoms with Crippen LogP contribution in [-0.4, -0.2) is 40.8 Å². The number of nitrogens with zero attached hydrogens (tertiary/aromatic N) is 1. The molecule has 1 aromatic carbocycles. The number of imide groups is 1.